The molecule has 1 nitrogen and oxygen atoms in total. The molecule has 84 valence electrons. The van der Waals surface area contributed by atoms with Crippen LogP contribution in [0.3, 0.4) is 0 Å². The number of hydrogen-bond acceptors (Lipinski definition) is 2. The highest BCUT2D eigenvalue weighted by Gasteiger charge is 2.07. The summed E-state index contributed by atoms with van der Waals surface area (Å²) in [5, 5.41) is 2.11. The van der Waals surface area contributed by atoms with Gasteiger partial charge in [0, 0.05) is 10.9 Å². The quantitative estimate of drug-likeness (QED) is 0.859. The van der Waals surface area contributed by atoms with Gasteiger partial charge in [-0.15, -0.1) is 11.3 Å². The van der Waals surface area contributed by atoms with E-state index in [1.165, 1.54) is 16.0 Å². The molecular formula is C14H17NS. The maximum atomic E-state index is 6.17. The summed E-state index contributed by atoms with van der Waals surface area (Å²) in [5.41, 5.74) is 8.88. The topological polar surface area (TPSA) is 26.0 Å². The van der Waals surface area contributed by atoms with Crippen LogP contribution in [0, 0.1) is 6.92 Å². The lowest BCUT2D eigenvalue weighted by atomic mass is 9.99. The Morgan fingerprint density at radius 2 is 1.94 bits per heavy atom. The summed E-state index contributed by atoms with van der Waals surface area (Å²) in [6, 6.07) is 12.9. The van der Waals surface area contributed by atoms with Crippen LogP contribution in [0.1, 0.15) is 16.0 Å². The minimum Gasteiger partial charge on any atom is -0.327 e. The molecule has 1 aromatic carbocycles. The van der Waals surface area contributed by atoms with Crippen molar-refractivity contribution in [2.24, 2.45) is 5.73 Å². The largest absolute Gasteiger partial charge is 0.327 e. The van der Waals surface area contributed by atoms with Crippen molar-refractivity contribution in [3.8, 4) is 0 Å². The molecule has 1 unspecified atom stereocenters. The predicted molar refractivity (Wildman–Crippen MR) is 70.9 cm³/mol. The number of rotatable bonds is 4. The summed E-state index contributed by atoms with van der Waals surface area (Å²) in [7, 11) is 0. The maximum absolute atomic E-state index is 6.17. The number of aryl methyl sites for hydroxylation is 1. The van der Waals surface area contributed by atoms with E-state index in [1.807, 2.05) is 0 Å². The van der Waals surface area contributed by atoms with E-state index in [0.29, 0.717) is 0 Å². The normalized spacial score (nSPS) is 12.6. The maximum Gasteiger partial charge on any atom is 0.0128 e. The van der Waals surface area contributed by atoms with Gasteiger partial charge < -0.3 is 5.73 Å². The first kappa shape index (κ1) is 11.4. The van der Waals surface area contributed by atoms with Crippen molar-refractivity contribution in [2.45, 2.75) is 25.8 Å². The van der Waals surface area contributed by atoms with Gasteiger partial charge in [-0.25, -0.2) is 0 Å². The molecule has 0 saturated carbocycles. The molecule has 1 aromatic heterocycles. The van der Waals surface area contributed by atoms with Gasteiger partial charge in [0.15, 0.2) is 0 Å². The minimum atomic E-state index is 0.222. The second kappa shape index (κ2) is 5.28. The fourth-order valence-corrected chi connectivity index (χ4v) is 2.68. The zero-order chi connectivity index (χ0) is 11.4. The molecule has 2 heteroatoms. The Balaban J connectivity index is 1.97. The van der Waals surface area contributed by atoms with Gasteiger partial charge >= 0.3 is 0 Å². The monoisotopic (exact) mass is 231 g/mol. The summed E-state index contributed by atoms with van der Waals surface area (Å²) in [4.78, 5) is 1.38. The molecule has 16 heavy (non-hydrogen) atoms. The first-order valence-corrected chi connectivity index (χ1v) is 6.46. The zero-order valence-corrected chi connectivity index (χ0v) is 10.3. The highest BCUT2D eigenvalue weighted by molar-refractivity contribution is 7.09. The third kappa shape index (κ3) is 2.94. The Hall–Kier alpha value is -1.12. The summed E-state index contributed by atoms with van der Waals surface area (Å²) >= 11 is 1.79. The van der Waals surface area contributed by atoms with Crippen LogP contribution in [0.15, 0.2) is 41.8 Å². The number of benzene rings is 1. The van der Waals surface area contributed by atoms with Crippen LogP contribution in [0.5, 0.6) is 0 Å². The highest BCUT2D eigenvalue weighted by Crippen LogP contribution is 2.14. The van der Waals surface area contributed by atoms with Gasteiger partial charge in [0.05, 0.1) is 0 Å². The van der Waals surface area contributed by atoms with Crippen molar-refractivity contribution in [1.29, 1.82) is 0 Å². The van der Waals surface area contributed by atoms with Gasteiger partial charge in [0.25, 0.3) is 0 Å². The van der Waals surface area contributed by atoms with Crippen LogP contribution in [0.4, 0.5) is 0 Å². The van der Waals surface area contributed by atoms with Crippen LogP contribution < -0.4 is 5.73 Å². The predicted octanol–water partition coefficient (Wildman–Crippen LogP) is 3.17. The van der Waals surface area contributed by atoms with Gasteiger partial charge in [-0.3, -0.25) is 0 Å². The van der Waals surface area contributed by atoms with Gasteiger partial charge in [-0.05, 0) is 42.3 Å². The third-order valence-electron chi connectivity index (χ3n) is 2.79. The Kier molecular flexibility index (Phi) is 3.75. The van der Waals surface area contributed by atoms with E-state index >= 15 is 0 Å². The standard InChI is InChI=1S/C14H17NS/c1-11-5-2-3-6-12(11)9-13(15)10-14-7-4-8-16-14/h2-8,13H,9-10,15H2,1H3. The van der Waals surface area contributed by atoms with Crippen LogP contribution in [0.25, 0.3) is 0 Å². The highest BCUT2D eigenvalue weighted by atomic mass is 32.1. The molecule has 2 aromatic rings. The van der Waals surface area contributed by atoms with E-state index in [9.17, 15) is 0 Å². The van der Waals surface area contributed by atoms with Crippen molar-refractivity contribution in [1.82, 2.24) is 0 Å². The average molecular weight is 231 g/mol. The van der Waals surface area contributed by atoms with E-state index in [2.05, 4.69) is 48.7 Å². The number of nitrogens with two attached hydrogens (primary N) is 1. The Morgan fingerprint density at radius 3 is 2.62 bits per heavy atom. The molecular weight excluding hydrogens is 214 g/mol. The van der Waals surface area contributed by atoms with E-state index in [0.717, 1.165) is 12.8 Å². The minimum absolute atomic E-state index is 0.222. The summed E-state index contributed by atoms with van der Waals surface area (Å²) in [5.74, 6) is 0. The smallest absolute Gasteiger partial charge is 0.0128 e. The van der Waals surface area contributed by atoms with E-state index in [4.69, 9.17) is 5.73 Å². The molecule has 0 fully saturated rings. The van der Waals surface area contributed by atoms with Crippen LogP contribution in [-0.2, 0) is 12.8 Å². The van der Waals surface area contributed by atoms with Crippen LogP contribution >= 0.6 is 11.3 Å². The van der Waals surface area contributed by atoms with E-state index in [-0.39, 0.29) is 6.04 Å². The lowest BCUT2D eigenvalue weighted by Gasteiger charge is -2.12. The molecule has 2 N–H and O–H groups in total. The molecule has 0 radical (unpaired) electrons. The van der Waals surface area contributed by atoms with Gasteiger partial charge in [-0.2, -0.15) is 0 Å². The second-order valence-electron chi connectivity index (χ2n) is 4.17. The molecule has 1 heterocycles. The molecule has 2 rings (SSSR count). The van der Waals surface area contributed by atoms with Crippen molar-refractivity contribution >= 4 is 11.3 Å². The lowest BCUT2D eigenvalue weighted by Crippen LogP contribution is -2.25. The number of hydrogen-bond donors (Lipinski definition) is 1. The fraction of sp³-hybridized carbons (Fsp3) is 0.286. The van der Waals surface area contributed by atoms with E-state index < -0.39 is 0 Å². The summed E-state index contributed by atoms with van der Waals surface area (Å²) in [6.07, 6.45) is 1.94. The molecule has 0 aliphatic carbocycles. The summed E-state index contributed by atoms with van der Waals surface area (Å²) in [6.45, 7) is 2.15. The SMILES string of the molecule is Cc1ccccc1CC(N)Cc1cccs1. The van der Waals surface area contributed by atoms with Crippen molar-refractivity contribution in [3.63, 3.8) is 0 Å². The first-order valence-electron chi connectivity index (χ1n) is 5.58. The van der Waals surface area contributed by atoms with Crippen molar-refractivity contribution in [2.75, 3.05) is 0 Å². The first-order chi connectivity index (χ1) is 7.75. The molecule has 0 spiro atoms. The number of thiophene rings is 1. The van der Waals surface area contributed by atoms with E-state index in [1.54, 1.807) is 11.3 Å². The molecule has 0 aliphatic heterocycles. The van der Waals surface area contributed by atoms with Gasteiger partial charge in [0.1, 0.15) is 0 Å². The lowest BCUT2D eigenvalue weighted by molar-refractivity contribution is 0.668. The third-order valence-corrected chi connectivity index (χ3v) is 3.69. The molecule has 0 aliphatic rings. The molecule has 0 bridgehead atoms. The molecule has 0 amide bonds. The Bertz CT molecular complexity index is 434. The van der Waals surface area contributed by atoms with Crippen molar-refractivity contribution in [3.05, 3.63) is 57.8 Å². The molecule has 0 saturated heterocycles. The second-order valence-corrected chi connectivity index (χ2v) is 5.21. The van der Waals surface area contributed by atoms with Gasteiger partial charge in [0.2, 0.25) is 0 Å². The fourth-order valence-electron chi connectivity index (χ4n) is 1.88. The zero-order valence-electron chi connectivity index (χ0n) is 9.52. The summed E-state index contributed by atoms with van der Waals surface area (Å²) < 4.78 is 0. The average Bonchev–Trinajstić information content (AvgIpc) is 2.74. The van der Waals surface area contributed by atoms with Crippen LogP contribution in [0.2, 0.25) is 0 Å². The molecule has 1 atom stereocenters. The van der Waals surface area contributed by atoms with Crippen molar-refractivity contribution < 1.29 is 0 Å². The van der Waals surface area contributed by atoms with Crippen LogP contribution in [-0.4, -0.2) is 6.04 Å². The Morgan fingerprint density at radius 1 is 1.12 bits per heavy atom. The Labute approximate surface area is 101 Å². The van der Waals surface area contributed by atoms with Gasteiger partial charge in [-0.1, -0.05) is 30.3 Å².